The average Bonchev–Trinajstić information content (AvgIpc) is 2.55. The molecule has 1 rings (SSSR count). The van der Waals surface area contributed by atoms with E-state index < -0.39 is 0 Å². The lowest BCUT2D eigenvalue weighted by Gasteiger charge is -2.12. The highest BCUT2D eigenvalue weighted by molar-refractivity contribution is 14.0. The van der Waals surface area contributed by atoms with E-state index in [0.29, 0.717) is 24.9 Å². The molecular formula is C17H31IN4O2. The Hall–Kier alpha value is -1.09. The Balaban J connectivity index is 0.00000529. The van der Waals surface area contributed by atoms with E-state index in [1.807, 2.05) is 19.1 Å². The number of pyridine rings is 1. The summed E-state index contributed by atoms with van der Waals surface area (Å²) in [5, 5.41) is 6.50. The third kappa shape index (κ3) is 10.6. The summed E-state index contributed by atoms with van der Waals surface area (Å²) >= 11 is 0. The summed E-state index contributed by atoms with van der Waals surface area (Å²) in [7, 11) is 1.61. The molecule has 0 bridgehead atoms. The van der Waals surface area contributed by atoms with Gasteiger partial charge in [-0.25, -0.2) is 9.98 Å². The van der Waals surface area contributed by atoms with Gasteiger partial charge in [-0.3, -0.25) is 0 Å². The van der Waals surface area contributed by atoms with Crippen molar-refractivity contribution in [2.24, 2.45) is 10.9 Å². The van der Waals surface area contributed by atoms with Gasteiger partial charge in [0.1, 0.15) is 0 Å². The lowest BCUT2D eigenvalue weighted by molar-refractivity contribution is 0.128. The molecular weight excluding hydrogens is 419 g/mol. The number of nitrogens with zero attached hydrogens (tertiary/aromatic N) is 2. The smallest absolute Gasteiger partial charge is 0.213 e. The van der Waals surface area contributed by atoms with E-state index in [2.05, 4.69) is 34.5 Å². The minimum Gasteiger partial charge on any atom is -0.481 e. The predicted octanol–water partition coefficient (Wildman–Crippen LogP) is 2.83. The topological polar surface area (TPSA) is 67.8 Å². The first-order valence-electron chi connectivity index (χ1n) is 8.24. The number of rotatable bonds is 10. The number of aromatic nitrogens is 1. The van der Waals surface area contributed by atoms with Crippen LogP contribution < -0.4 is 15.4 Å². The number of hydrogen-bond acceptors (Lipinski definition) is 4. The maximum atomic E-state index is 5.60. The van der Waals surface area contributed by atoms with E-state index in [9.17, 15) is 0 Å². The molecule has 1 aromatic heterocycles. The van der Waals surface area contributed by atoms with Crippen LogP contribution in [0.3, 0.4) is 0 Å². The monoisotopic (exact) mass is 450 g/mol. The highest BCUT2D eigenvalue weighted by Gasteiger charge is 2.00. The summed E-state index contributed by atoms with van der Waals surface area (Å²) in [4.78, 5) is 8.65. The summed E-state index contributed by atoms with van der Waals surface area (Å²) in [6.07, 6.45) is 2.82. The quantitative estimate of drug-likeness (QED) is 0.248. The first-order valence-corrected chi connectivity index (χ1v) is 8.24. The second kappa shape index (κ2) is 14.3. The molecule has 0 aromatic carbocycles. The lowest BCUT2D eigenvalue weighted by atomic mass is 10.1. The van der Waals surface area contributed by atoms with Crippen LogP contribution in [0.5, 0.6) is 5.88 Å². The van der Waals surface area contributed by atoms with Crippen molar-refractivity contribution in [2.45, 2.75) is 33.7 Å². The molecule has 1 aromatic rings. The molecule has 2 N–H and O–H groups in total. The summed E-state index contributed by atoms with van der Waals surface area (Å²) < 4.78 is 10.7. The highest BCUT2D eigenvalue weighted by Crippen LogP contribution is 2.09. The lowest BCUT2D eigenvalue weighted by Crippen LogP contribution is -2.39. The molecule has 0 fully saturated rings. The molecule has 24 heavy (non-hydrogen) atoms. The number of ether oxygens (including phenoxy) is 2. The van der Waals surface area contributed by atoms with Gasteiger partial charge in [0.05, 0.1) is 20.3 Å². The fourth-order valence-corrected chi connectivity index (χ4v) is 1.84. The molecule has 7 heteroatoms. The van der Waals surface area contributed by atoms with Crippen molar-refractivity contribution in [3.05, 3.63) is 23.9 Å². The standard InChI is InChI=1S/C17H30N4O2.HI/c1-5-18-17(20-9-11-23-10-7-14(2)3)21-13-15-6-8-19-16(12-15)22-4;/h6,8,12,14H,5,7,9-11,13H2,1-4H3,(H2,18,20,21);1H. The molecule has 0 amide bonds. The van der Waals surface area contributed by atoms with Crippen LogP contribution in [0.4, 0.5) is 0 Å². The van der Waals surface area contributed by atoms with Crippen molar-refractivity contribution in [2.75, 3.05) is 33.4 Å². The number of hydrogen-bond donors (Lipinski definition) is 2. The number of aliphatic imine (C=N–C) groups is 1. The molecule has 0 aliphatic rings. The zero-order chi connectivity index (χ0) is 16.9. The second-order valence-electron chi connectivity index (χ2n) is 5.62. The summed E-state index contributed by atoms with van der Waals surface area (Å²) in [6.45, 7) is 10.1. The van der Waals surface area contributed by atoms with Crippen LogP contribution in [-0.2, 0) is 11.3 Å². The van der Waals surface area contributed by atoms with Crippen molar-refractivity contribution in [1.82, 2.24) is 15.6 Å². The van der Waals surface area contributed by atoms with E-state index in [1.165, 1.54) is 0 Å². The summed E-state index contributed by atoms with van der Waals surface area (Å²) in [5.41, 5.74) is 1.06. The molecule has 0 aliphatic carbocycles. The predicted molar refractivity (Wildman–Crippen MR) is 109 cm³/mol. The molecule has 0 aliphatic heterocycles. The van der Waals surface area contributed by atoms with Crippen LogP contribution in [0.2, 0.25) is 0 Å². The molecule has 0 atom stereocenters. The molecule has 0 spiro atoms. The Bertz CT molecular complexity index is 470. The first-order chi connectivity index (χ1) is 11.2. The van der Waals surface area contributed by atoms with Gasteiger partial charge in [0.25, 0.3) is 0 Å². The summed E-state index contributed by atoms with van der Waals surface area (Å²) in [6, 6.07) is 3.83. The minimum atomic E-state index is 0. The van der Waals surface area contributed by atoms with E-state index in [4.69, 9.17) is 9.47 Å². The Kier molecular flexibility index (Phi) is 13.6. The van der Waals surface area contributed by atoms with Crippen LogP contribution in [0, 0.1) is 5.92 Å². The Morgan fingerprint density at radius 2 is 2.08 bits per heavy atom. The zero-order valence-corrected chi connectivity index (χ0v) is 17.5. The number of guanidine groups is 1. The molecule has 6 nitrogen and oxygen atoms in total. The Labute approximate surface area is 162 Å². The van der Waals surface area contributed by atoms with Crippen LogP contribution in [-0.4, -0.2) is 44.4 Å². The van der Waals surface area contributed by atoms with Crippen LogP contribution in [0.1, 0.15) is 32.8 Å². The van der Waals surface area contributed by atoms with Gasteiger partial charge in [0, 0.05) is 32.0 Å². The van der Waals surface area contributed by atoms with Crippen molar-refractivity contribution in [1.29, 1.82) is 0 Å². The third-order valence-electron chi connectivity index (χ3n) is 3.15. The van der Waals surface area contributed by atoms with E-state index in [-0.39, 0.29) is 24.0 Å². The van der Waals surface area contributed by atoms with Gasteiger partial charge in [0.2, 0.25) is 5.88 Å². The maximum Gasteiger partial charge on any atom is 0.213 e. The van der Waals surface area contributed by atoms with Gasteiger partial charge in [-0.1, -0.05) is 13.8 Å². The largest absolute Gasteiger partial charge is 0.481 e. The normalized spacial score (nSPS) is 11.1. The SMILES string of the molecule is CCNC(=NCc1ccnc(OC)c1)NCCOCCC(C)C.I. The fraction of sp³-hybridized carbons (Fsp3) is 0.647. The second-order valence-corrected chi connectivity index (χ2v) is 5.62. The molecule has 0 saturated carbocycles. The van der Waals surface area contributed by atoms with Gasteiger partial charge < -0.3 is 20.1 Å². The Morgan fingerprint density at radius 3 is 2.75 bits per heavy atom. The molecule has 0 saturated heterocycles. The van der Waals surface area contributed by atoms with Crippen LogP contribution >= 0.6 is 24.0 Å². The minimum absolute atomic E-state index is 0. The molecule has 0 unspecified atom stereocenters. The zero-order valence-electron chi connectivity index (χ0n) is 15.2. The van der Waals surface area contributed by atoms with Crippen molar-refractivity contribution in [3.63, 3.8) is 0 Å². The van der Waals surface area contributed by atoms with E-state index in [1.54, 1.807) is 13.3 Å². The van der Waals surface area contributed by atoms with Gasteiger partial charge in [0.15, 0.2) is 5.96 Å². The maximum absolute atomic E-state index is 5.60. The van der Waals surface area contributed by atoms with Crippen molar-refractivity contribution < 1.29 is 9.47 Å². The van der Waals surface area contributed by atoms with Gasteiger partial charge in [-0.05, 0) is 30.9 Å². The van der Waals surface area contributed by atoms with Gasteiger partial charge >= 0.3 is 0 Å². The van der Waals surface area contributed by atoms with Crippen molar-refractivity contribution >= 4 is 29.9 Å². The third-order valence-corrected chi connectivity index (χ3v) is 3.15. The first kappa shape index (κ1) is 22.9. The van der Waals surface area contributed by atoms with Gasteiger partial charge in [-0.2, -0.15) is 0 Å². The fourth-order valence-electron chi connectivity index (χ4n) is 1.84. The van der Waals surface area contributed by atoms with E-state index in [0.717, 1.165) is 37.6 Å². The average molecular weight is 450 g/mol. The Morgan fingerprint density at radius 1 is 1.29 bits per heavy atom. The highest BCUT2D eigenvalue weighted by atomic mass is 127. The van der Waals surface area contributed by atoms with Crippen LogP contribution in [0.15, 0.2) is 23.3 Å². The molecule has 0 radical (unpaired) electrons. The van der Waals surface area contributed by atoms with Crippen LogP contribution in [0.25, 0.3) is 0 Å². The molecule has 1 heterocycles. The molecule has 138 valence electrons. The number of nitrogens with one attached hydrogen (secondary N) is 2. The summed E-state index contributed by atoms with van der Waals surface area (Å²) in [5.74, 6) is 2.07. The van der Waals surface area contributed by atoms with E-state index >= 15 is 0 Å². The van der Waals surface area contributed by atoms with Crippen molar-refractivity contribution in [3.8, 4) is 5.88 Å². The van der Waals surface area contributed by atoms with Gasteiger partial charge in [-0.15, -0.1) is 24.0 Å². The number of methoxy groups -OCH3 is 1. The number of halogens is 1.